The Morgan fingerprint density at radius 1 is 1.60 bits per heavy atom. The molecule has 0 radical (unpaired) electrons. The van der Waals surface area contributed by atoms with Gasteiger partial charge in [-0.1, -0.05) is 0 Å². The minimum absolute atomic E-state index is 0.0769. The lowest BCUT2D eigenvalue weighted by Gasteiger charge is -1.82. The van der Waals surface area contributed by atoms with Crippen molar-refractivity contribution in [2.24, 2.45) is 20.7 Å². The molecule has 5 heteroatoms. The highest BCUT2D eigenvalue weighted by Crippen LogP contribution is 1.67. The molecule has 0 fully saturated rings. The molecule has 0 aromatic rings. The number of nitrogens with two attached hydrogens (primary N) is 1. The van der Waals surface area contributed by atoms with Gasteiger partial charge < -0.3 is 5.73 Å². The van der Waals surface area contributed by atoms with Crippen molar-refractivity contribution >= 4 is 24.9 Å². The van der Waals surface area contributed by atoms with Crippen LogP contribution in [0.3, 0.4) is 0 Å². The lowest BCUT2D eigenvalue weighted by atomic mass is 10.8. The fraction of sp³-hybridized carbons (Fsp3) is 0.200. The Balaban J connectivity index is 3.90. The van der Waals surface area contributed by atoms with E-state index in [9.17, 15) is 4.79 Å². The van der Waals surface area contributed by atoms with Crippen LogP contribution in [0.1, 0.15) is 6.92 Å². The monoisotopic (exact) mass is 140 g/mol. The van der Waals surface area contributed by atoms with Crippen LogP contribution >= 0.6 is 0 Å². The van der Waals surface area contributed by atoms with Gasteiger partial charge in [0, 0.05) is 6.21 Å². The van der Waals surface area contributed by atoms with Gasteiger partial charge >= 0.3 is 0 Å². The fourth-order valence-corrected chi connectivity index (χ4v) is 0.285. The van der Waals surface area contributed by atoms with E-state index in [4.69, 9.17) is 5.73 Å². The van der Waals surface area contributed by atoms with E-state index in [1.165, 1.54) is 6.21 Å². The molecular weight excluding hydrogens is 132 g/mol. The summed E-state index contributed by atoms with van der Waals surface area (Å²) in [6, 6.07) is 0. The summed E-state index contributed by atoms with van der Waals surface area (Å²) >= 11 is 0. The van der Waals surface area contributed by atoms with Crippen molar-refractivity contribution in [3.05, 3.63) is 0 Å². The molecule has 0 atom stereocenters. The summed E-state index contributed by atoms with van der Waals surface area (Å²) in [6.07, 6.45) is 2.90. The van der Waals surface area contributed by atoms with Gasteiger partial charge in [0.15, 0.2) is 0 Å². The zero-order valence-electron chi connectivity index (χ0n) is 5.56. The number of rotatable bonds is 2. The molecule has 0 aromatic carbocycles. The van der Waals surface area contributed by atoms with Gasteiger partial charge in [-0.15, -0.1) is 0 Å². The van der Waals surface area contributed by atoms with Crippen LogP contribution in [0.4, 0.5) is 0 Å². The van der Waals surface area contributed by atoms with Crippen LogP contribution in [0.2, 0.25) is 0 Å². The lowest BCUT2D eigenvalue weighted by Crippen LogP contribution is -2.07. The van der Waals surface area contributed by atoms with Crippen molar-refractivity contribution < 1.29 is 4.79 Å². The lowest BCUT2D eigenvalue weighted by molar-refractivity contribution is -0.106. The first-order valence-electron chi connectivity index (χ1n) is 2.58. The molecule has 0 saturated carbocycles. The van der Waals surface area contributed by atoms with Crippen LogP contribution in [-0.4, -0.2) is 24.9 Å². The number of hydrogen-bond acceptors (Lipinski definition) is 1. The molecule has 0 bridgehead atoms. The molecule has 2 N–H and O–H groups in total. The number of carbonyl (C=O) groups excluding carboxylic acids is 1. The van der Waals surface area contributed by atoms with E-state index in [1.807, 2.05) is 0 Å². The van der Waals surface area contributed by atoms with Crippen LogP contribution in [-0.2, 0) is 4.79 Å². The highest BCUT2D eigenvalue weighted by molar-refractivity contribution is 5.91. The van der Waals surface area contributed by atoms with Gasteiger partial charge in [-0.25, -0.2) is 15.0 Å². The first-order chi connectivity index (χ1) is 4.81. The van der Waals surface area contributed by atoms with Crippen LogP contribution in [0.5, 0.6) is 0 Å². The molecule has 0 aliphatic rings. The number of guanidine groups is 1. The quantitative estimate of drug-likeness (QED) is 0.321. The van der Waals surface area contributed by atoms with Crippen molar-refractivity contribution in [3.8, 4) is 0 Å². The van der Waals surface area contributed by atoms with E-state index in [2.05, 4.69) is 15.0 Å². The Kier molecular flexibility index (Phi) is 4.76. The van der Waals surface area contributed by atoms with Gasteiger partial charge in [-0.3, -0.25) is 4.79 Å². The number of nitrogens with zero attached hydrogens (tertiary/aromatic N) is 3. The number of aliphatic imine (C=N–C) groups is 3. The van der Waals surface area contributed by atoms with Crippen LogP contribution in [0, 0.1) is 0 Å². The second-order valence-electron chi connectivity index (χ2n) is 1.24. The minimum atomic E-state index is 0.0769. The molecule has 0 rings (SSSR count). The largest absolute Gasteiger partial charge is 0.368 e. The van der Waals surface area contributed by atoms with Crippen molar-refractivity contribution in [1.82, 2.24) is 0 Å². The second kappa shape index (κ2) is 5.61. The molecule has 0 aromatic heterocycles. The van der Waals surface area contributed by atoms with Gasteiger partial charge in [0.2, 0.25) is 12.4 Å². The maximum absolute atomic E-state index is 9.60. The summed E-state index contributed by atoms with van der Waals surface area (Å²) in [5.74, 6) is 0.0769. The highest BCUT2D eigenvalue weighted by Gasteiger charge is 1.77. The van der Waals surface area contributed by atoms with E-state index in [1.54, 1.807) is 6.92 Å². The predicted octanol–water partition coefficient (Wildman–Crippen LogP) is -0.423. The Morgan fingerprint density at radius 3 is 2.80 bits per heavy atom. The Morgan fingerprint density at radius 2 is 2.30 bits per heavy atom. The molecule has 0 saturated heterocycles. The zero-order chi connectivity index (χ0) is 7.82. The maximum Gasteiger partial charge on any atom is 0.234 e. The Hall–Kier alpha value is -1.52. The molecule has 5 nitrogen and oxygen atoms in total. The third-order valence-electron chi connectivity index (χ3n) is 0.579. The summed E-state index contributed by atoms with van der Waals surface area (Å²) in [5, 5.41) is 0. The van der Waals surface area contributed by atoms with Crippen LogP contribution in [0.15, 0.2) is 15.0 Å². The first kappa shape index (κ1) is 8.48. The van der Waals surface area contributed by atoms with Crippen molar-refractivity contribution in [1.29, 1.82) is 0 Å². The fourth-order valence-electron chi connectivity index (χ4n) is 0.285. The van der Waals surface area contributed by atoms with Crippen LogP contribution in [0.25, 0.3) is 0 Å². The van der Waals surface area contributed by atoms with Gasteiger partial charge in [-0.2, -0.15) is 0 Å². The predicted molar refractivity (Wildman–Crippen MR) is 40.3 cm³/mol. The third-order valence-corrected chi connectivity index (χ3v) is 0.579. The van der Waals surface area contributed by atoms with Crippen LogP contribution < -0.4 is 5.73 Å². The topological polar surface area (TPSA) is 80.2 Å². The van der Waals surface area contributed by atoms with Crippen molar-refractivity contribution in [2.45, 2.75) is 6.92 Å². The van der Waals surface area contributed by atoms with Gasteiger partial charge in [0.05, 0.1) is 0 Å². The summed E-state index contributed by atoms with van der Waals surface area (Å²) in [4.78, 5) is 19.8. The molecule has 0 aliphatic carbocycles. The van der Waals surface area contributed by atoms with E-state index in [-0.39, 0.29) is 5.96 Å². The first-order valence-corrected chi connectivity index (χ1v) is 2.58. The molecule has 10 heavy (non-hydrogen) atoms. The van der Waals surface area contributed by atoms with Crippen molar-refractivity contribution in [3.63, 3.8) is 0 Å². The number of carbonyl (C=O) groups is 1. The second-order valence-corrected chi connectivity index (χ2v) is 1.24. The summed E-state index contributed by atoms with van der Waals surface area (Å²) in [7, 11) is 0. The zero-order valence-corrected chi connectivity index (χ0v) is 5.56. The number of amides is 1. The van der Waals surface area contributed by atoms with E-state index in [0.717, 1.165) is 6.34 Å². The summed E-state index contributed by atoms with van der Waals surface area (Å²) < 4.78 is 0. The average Bonchev–Trinajstić information content (AvgIpc) is 1.89. The minimum Gasteiger partial charge on any atom is -0.368 e. The van der Waals surface area contributed by atoms with E-state index < -0.39 is 0 Å². The van der Waals surface area contributed by atoms with E-state index in [0.29, 0.717) is 6.41 Å². The van der Waals surface area contributed by atoms with Crippen molar-refractivity contribution in [2.75, 3.05) is 0 Å². The van der Waals surface area contributed by atoms with E-state index >= 15 is 0 Å². The molecule has 1 amide bonds. The molecular formula is C5H8N4O. The van der Waals surface area contributed by atoms with Gasteiger partial charge in [0.25, 0.3) is 0 Å². The highest BCUT2D eigenvalue weighted by atomic mass is 16.1. The average molecular weight is 140 g/mol. The standard InChI is InChI=1S/C5H8N4O/c1-2-8-5(6)9-3-7-4-10/h2-4H,1H3,(H2,6,7,9,10)/b8-2-. The Bertz CT molecular complexity index is 182. The molecule has 54 valence electrons. The Labute approximate surface area is 58.4 Å². The smallest absolute Gasteiger partial charge is 0.234 e. The maximum atomic E-state index is 9.60. The summed E-state index contributed by atoms with van der Waals surface area (Å²) in [5.41, 5.74) is 5.17. The normalized spacial score (nSPS) is 13.1. The molecule has 0 spiro atoms. The summed E-state index contributed by atoms with van der Waals surface area (Å²) in [6.45, 7) is 1.71. The molecule has 0 heterocycles. The van der Waals surface area contributed by atoms with Gasteiger partial charge in [-0.05, 0) is 6.92 Å². The third kappa shape index (κ3) is 4.63. The molecule has 0 unspecified atom stereocenters. The molecule has 0 aliphatic heterocycles. The number of hydrogen-bond donors (Lipinski definition) is 1. The SMILES string of the molecule is C/C=N\C(N)=NC=NC=O. The van der Waals surface area contributed by atoms with Gasteiger partial charge in [0.1, 0.15) is 6.34 Å².